The van der Waals surface area contributed by atoms with E-state index >= 15 is 0 Å². The van der Waals surface area contributed by atoms with Crippen LogP contribution in [0.2, 0.25) is 0 Å². The third kappa shape index (κ3) is 3.51. The molecular formula is C23H25N5O5. The first-order chi connectivity index (χ1) is 15.8. The number of benzene rings is 1. The number of ether oxygens (including phenoxy) is 1. The van der Waals surface area contributed by atoms with Gasteiger partial charge in [0.25, 0.3) is 0 Å². The van der Waals surface area contributed by atoms with Crippen LogP contribution in [0.4, 0.5) is 22.1 Å². The zero-order valence-corrected chi connectivity index (χ0v) is 18.4. The molecule has 5 rings (SSSR count). The van der Waals surface area contributed by atoms with Crippen molar-refractivity contribution in [3.8, 4) is 0 Å². The van der Waals surface area contributed by atoms with E-state index in [4.69, 9.17) is 4.74 Å². The lowest BCUT2D eigenvalue weighted by molar-refractivity contribution is -0.121. The lowest BCUT2D eigenvalue weighted by Gasteiger charge is -2.26. The third-order valence-electron chi connectivity index (χ3n) is 6.50. The van der Waals surface area contributed by atoms with Crippen LogP contribution in [0.25, 0.3) is 5.65 Å². The number of amides is 2. The first kappa shape index (κ1) is 21.4. The van der Waals surface area contributed by atoms with Gasteiger partial charge in [-0.25, -0.2) is 14.2 Å². The molecule has 1 unspecified atom stereocenters. The number of aliphatic hydroxyl groups is 1. The van der Waals surface area contributed by atoms with Gasteiger partial charge in [-0.05, 0) is 62.4 Å². The lowest BCUT2D eigenvalue weighted by Crippen LogP contribution is -2.39. The number of pyridine rings is 1. The molecule has 1 aromatic carbocycles. The van der Waals surface area contributed by atoms with E-state index in [0.29, 0.717) is 47.4 Å². The highest BCUT2D eigenvalue weighted by molar-refractivity contribution is 6.20. The summed E-state index contributed by atoms with van der Waals surface area (Å²) < 4.78 is 7.02. The number of carbonyl (C=O) groups is 2. The SMILES string of the molecule is CC1(C)C(=O)N(C(=O)O)c2cc(Nc3nc4cccc(C(O)C5CCOCC5)n4n3)ccc21. The van der Waals surface area contributed by atoms with Crippen molar-refractivity contribution in [3.05, 3.63) is 47.7 Å². The number of rotatable bonds is 4. The van der Waals surface area contributed by atoms with Crippen LogP contribution in [0.5, 0.6) is 0 Å². The minimum Gasteiger partial charge on any atom is -0.464 e. The molecule has 0 radical (unpaired) electrons. The van der Waals surface area contributed by atoms with Gasteiger partial charge in [0, 0.05) is 18.9 Å². The lowest BCUT2D eigenvalue weighted by atomic mass is 9.86. The Labute approximate surface area is 189 Å². The molecule has 0 spiro atoms. The van der Waals surface area contributed by atoms with Crippen LogP contribution < -0.4 is 10.2 Å². The number of hydrogen-bond donors (Lipinski definition) is 3. The average Bonchev–Trinajstić information content (AvgIpc) is 3.29. The van der Waals surface area contributed by atoms with Crippen LogP contribution in [0.15, 0.2) is 36.4 Å². The van der Waals surface area contributed by atoms with Gasteiger partial charge in [-0.1, -0.05) is 12.1 Å². The fourth-order valence-corrected chi connectivity index (χ4v) is 4.62. The number of anilines is 3. The highest BCUT2D eigenvalue weighted by Crippen LogP contribution is 2.43. The zero-order chi connectivity index (χ0) is 23.3. The standard InChI is InChI=1S/C23H25N5O5/c1-23(2)15-7-6-14(12-17(15)27(20(23)30)22(31)32)24-21-25-18-5-3-4-16(28(18)26-21)19(29)13-8-10-33-11-9-13/h3-7,12-13,19,29H,8-11H2,1-2H3,(H,24,26)(H,31,32). The van der Waals surface area contributed by atoms with Gasteiger partial charge >= 0.3 is 6.09 Å². The number of aromatic nitrogens is 3. The van der Waals surface area contributed by atoms with Crippen LogP contribution in [0.3, 0.4) is 0 Å². The molecule has 1 saturated heterocycles. The highest BCUT2D eigenvalue weighted by atomic mass is 16.5. The maximum Gasteiger partial charge on any atom is 0.418 e. The summed E-state index contributed by atoms with van der Waals surface area (Å²) in [7, 11) is 0. The van der Waals surface area contributed by atoms with Crippen molar-refractivity contribution in [3.63, 3.8) is 0 Å². The predicted octanol–water partition coefficient (Wildman–Crippen LogP) is 3.24. The summed E-state index contributed by atoms with van der Waals surface area (Å²) in [6, 6.07) is 10.6. The van der Waals surface area contributed by atoms with Crippen LogP contribution >= 0.6 is 0 Å². The molecule has 172 valence electrons. The van der Waals surface area contributed by atoms with E-state index < -0.39 is 23.5 Å². The van der Waals surface area contributed by atoms with Crippen LogP contribution in [0.1, 0.15) is 44.1 Å². The normalized spacial score (nSPS) is 19.0. The summed E-state index contributed by atoms with van der Waals surface area (Å²) in [5.74, 6) is -0.101. The Kier molecular flexibility index (Phi) is 5.06. The summed E-state index contributed by atoms with van der Waals surface area (Å²) >= 11 is 0. The van der Waals surface area contributed by atoms with Gasteiger partial charge in [0.05, 0.1) is 22.9 Å². The summed E-state index contributed by atoms with van der Waals surface area (Å²) in [6.07, 6.45) is -0.449. The Balaban J connectivity index is 1.46. The number of carboxylic acid groups (broad SMARTS) is 1. The second kappa shape index (κ2) is 7.82. The number of nitrogens with zero attached hydrogens (tertiary/aromatic N) is 4. The van der Waals surface area contributed by atoms with E-state index in [-0.39, 0.29) is 5.92 Å². The molecular weight excluding hydrogens is 426 g/mol. The summed E-state index contributed by atoms with van der Waals surface area (Å²) in [5, 5.41) is 28.1. The van der Waals surface area contributed by atoms with Crippen LogP contribution in [-0.4, -0.2) is 50.0 Å². The number of aliphatic hydroxyl groups excluding tert-OH is 1. The molecule has 33 heavy (non-hydrogen) atoms. The Morgan fingerprint density at radius 2 is 2.00 bits per heavy atom. The predicted molar refractivity (Wildman–Crippen MR) is 120 cm³/mol. The van der Waals surface area contributed by atoms with Gasteiger partial charge in [0.1, 0.15) is 0 Å². The number of carbonyl (C=O) groups excluding carboxylic acids is 1. The highest BCUT2D eigenvalue weighted by Gasteiger charge is 2.46. The second-order valence-electron chi connectivity index (χ2n) is 8.96. The molecule has 3 aromatic rings. The van der Waals surface area contributed by atoms with Gasteiger partial charge in [-0.3, -0.25) is 4.79 Å². The number of nitrogens with one attached hydrogen (secondary N) is 1. The molecule has 2 aliphatic rings. The quantitative estimate of drug-likeness (QED) is 0.551. The first-order valence-corrected chi connectivity index (χ1v) is 10.9. The minimum absolute atomic E-state index is 0.0876. The zero-order valence-electron chi connectivity index (χ0n) is 18.4. The van der Waals surface area contributed by atoms with Gasteiger partial charge in [-0.2, -0.15) is 4.98 Å². The fraction of sp³-hybridized carbons (Fsp3) is 0.391. The molecule has 2 aliphatic heterocycles. The molecule has 10 nitrogen and oxygen atoms in total. The van der Waals surface area contributed by atoms with Crippen molar-refractivity contribution in [2.45, 2.75) is 38.2 Å². The van der Waals surface area contributed by atoms with Gasteiger partial charge in [0.2, 0.25) is 11.9 Å². The third-order valence-corrected chi connectivity index (χ3v) is 6.50. The molecule has 3 N–H and O–H groups in total. The molecule has 2 amide bonds. The molecule has 10 heteroatoms. The summed E-state index contributed by atoms with van der Waals surface area (Å²) in [6.45, 7) is 4.68. The summed E-state index contributed by atoms with van der Waals surface area (Å²) in [4.78, 5) is 29.6. The van der Waals surface area contributed by atoms with Crippen molar-refractivity contribution in [2.75, 3.05) is 23.4 Å². The molecule has 1 atom stereocenters. The second-order valence-corrected chi connectivity index (χ2v) is 8.96. The maximum absolute atomic E-state index is 12.6. The first-order valence-electron chi connectivity index (χ1n) is 10.9. The van der Waals surface area contributed by atoms with Gasteiger partial charge in [0.15, 0.2) is 5.65 Å². The van der Waals surface area contributed by atoms with E-state index in [1.807, 2.05) is 12.1 Å². The van der Waals surface area contributed by atoms with E-state index in [2.05, 4.69) is 15.4 Å². The Morgan fingerprint density at radius 1 is 1.24 bits per heavy atom. The molecule has 0 bridgehead atoms. The van der Waals surface area contributed by atoms with E-state index in [1.165, 1.54) is 0 Å². The fourth-order valence-electron chi connectivity index (χ4n) is 4.62. The molecule has 1 fully saturated rings. The van der Waals surface area contributed by atoms with Crippen molar-refractivity contribution >= 4 is 35.0 Å². The maximum atomic E-state index is 12.6. The molecule has 0 aliphatic carbocycles. The Hall–Kier alpha value is -3.50. The number of fused-ring (bicyclic) bond motifs is 2. The largest absolute Gasteiger partial charge is 0.464 e. The molecule has 2 aromatic heterocycles. The van der Waals surface area contributed by atoms with Crippen LogP contribution in [0, 0.1) is 5.92 Å². The average molecular weight is 451 g/mol. The van der Waals surface area contributed by atoms with E-state index in [0.717, 1.165) is 17.7 Å². The van der Waals surface area contributed by atoms with E-state index in [1.54, 1.807) is 42.6 Å². The van der Waals surface area contributed by atoms with Crippen LogP contribution in [-0.2, 0) is 14.9 Å². The Morgan fingerprint density at radius 3 is 2.73 bits per heavy atom. The van der Waals surface area contributed by atoms with Gasteiger partial charge in [-0.15, -0.1) is 5.10 Å². The van der Waals surface area contributed by atoms with Gasteiger partial charge < -0.3 is 20.3 Å². The van der Waals surface area contributed by atoms with Crippen molar-refractivity contribution in [2.24, 2.45) is 5.92 Å². The topological polar surface area (TPSA) is 129 Å². The Bertz CT molecular complexity index is 1250. The summed E-state index contributed by atoms with van der Waals surface area (Å²) in [5.41, 5.74) is 1.81. The van der Waals surface area contributed by atoms with Crippen molar-refractivity contribution < 1.29 is 24.5 Å². The monoisotopic (exact) mass is 451 g/mol. The van der Waals surface area contributed by atoms with Crippen molar-refractivity contribution in [1.82, 2.24) is 14.6 Å². The minimum atomic E-state index is -1.32. The van der Waals surface area contributed by atoms with Crippen molar-refractivity contribution in [1.29, 1.82) is 0 Å². The molecule has 4 heterocycles. The smallest absolute Gasteiger partial charge is 0.418 e. The van der Waals surface area contributed by atoms with E-state index in [9.17, 15) is 19.8 Å². The molecule has 0 saturated carbocycles. The number of hydrogen-bond acceptors (Lipinski definition) is 7. The number of imide groups is 1.